The van der Waals surface area contributed by atoms with Gasteiger partial charge in [-0.2, -0.15) is 5.10 Å². The molecule has 0 spiro atoms. The lowest BCUT2D eigenvalue weighted by molar-refractivity contribution is 0.0697. The van der Waals surface area contributed by atoms with Crippen molar-refractivity contribution in [3.8, 4) is 11.1 Å². The van der Waals surface area contributed by atoms with E-state index in [1.54, 1.807) is 12.1 Å². The quantitative estimate of drug-likeness (QED) is 0.635. The van der Waals surface area contributed by atoms with Crippen molar-refractivity contribution in [2.24, 2.45) is 0 Å². The van der Waals surface area contributed by atoms with Gasteiger partial charge in [0.25, 0.3) is 0 Å². The molecule has 3 rings (SSSR count). The molecule has 0 bridgehead atoms. The van der Waals surface area contributed by atoms with E-state index >= 15 is 0 Å². The smallest absolute Gasteiger partial charge is 0.336 e. The summed E-state index contributed by atoms with van der Waals surface area (Å²) in [4.78, 5) is 16.1. The Kier molecular flexibility index (Phi) is 6.01. The number of rotatable bonds is 8. The third kappa shape index (κ3) is 4.42. The van der Waals surface area contributed by atoms with Crippen LogP contribution in [-0.2, 0) is 19.4 Å². The highest BCUT2D eigenvalue weighted by atomic mass is 16.4. The minimum Gasteiger partial charge on any atom is -0.478 e. The second-order valence-corrected chi connectivity index (χ2v) is 6.59. The van der Waals surface area contributed by atoms with E-state index in [0.29, 0.717) is 12.0 Å². The second-order valence-electron chi connectivity index (χ2n) is 6.59. The zero-order valence-electron chi connectivity index (χ0n) is 15.9. The molecule has 0 aliphatic carbocycles. The lowest BCUT2D eigenvalue weighted by atomic mass is 9.98. The fourth-order valence-corrected chi connectivity index (χ4v) is 3.16. The number of hydrogen-bond acceptors (Lipinski definition) is 3. The van der Waals surface area contributed by atoms with Crippen molar-refractivity contribution >= 4 is 5.97 Å². The summed E-state index contributed by atoms with van der Waals surface area (Å²) in [7, 11) is 0. The number of benzene rings is 2. The van der Waals surface area contributed by atoms with Crippen molar-refractivity contribution in [1.29, 1.82) is 0 Å². The predicted octanol–water partition coefficient (Wildman–Crippen LogP) is 4.60. The highest BCUT2D eigenvalue weighted by molar-refractivity contribution is 5.95. The molecule has 0 saturated carbocycles. The third-order valence-corrected chi connectivity index (χ3v) is 4.63. The first kappa shape index (κ1) is 18.8. The van der Waals surface area contributed by atoms with E-state index in [-0.39, 0.29) is 0 Å². The minimum atomic E-state index is -0.912. The molecule has 1 heterocycles. The SMILES string of the molecule is CCCCc1nc(Cc2ccc(-c3ccccc3C(=O)O)cc2)n(CC)n1. The first-order valence-electron chi connectivity index (χ1n) is 9.46. The van der Waals surface area contributed by atoms with Crippen molar-refractivity contribution in [2.45, 2.75) is 46.1 Å². The molecule has 0 radical (unpaired) electrons. The van der Waals surface area contributed by atoms with Crippen molar-refractivity contribution in [1.82, 2.24) is 14.8 Å². The van der Waals surface area contributed by atoms with Gasteiger partial charge in [-0.1, -0.05) is 55.8 Å². The maximum Gasteiger partial charge on any atom is 0.336 e. The van der Waals surface area contributed by atoms with Gasteiger partial charge in [0.1, 0.15) is 5.82 Å². The molecule has 0 aliphatic rings. The number of aryl methyl sites for hydroxylation is 2. The van der Waals surface area contributed by atoms with E-state index in [1.807, 2.05) is 41.1 Å². The van der Waals surface area contributed by atoms with Crippen LogP contribution < -0.4 is 0 Å². The van der Waals surface area contributed by atoms with Crippen molar-refractivity contribution in [2.75, 3.05) is 0 Å². The molecule has 0 atom stereocenters. The van der Waals surface area contributed by atoms with Crippen LogP contribution in [0.25, 0.3) is 11.1 Å². The van der Waals surface area contributed by atoms with Gasteiger partial charge in [-0.3, -0.25) is 0 Å². The molecule has 1 aromatic heterocycles. The van der Waals surface area contributed by atoms with E-state index in [4.69, 9.17) is 4.98 Å². The van der Waals surface area contributed by atoms with Crippen LogP contribution in [0, 0.1) is 0 Å². The number of aromatic carboxylic acids is 1. The Bertz CT molecular complexity index is 914. The number of carboxylic acids is 1. The normalized spacial score (nSPS) is 10.9. The summed E-state index contributed by atoms with van der Waals surface area (Å²) in [6, 6.07) is 15.1. The van der Waals surface area contributed by atoms with E-state index in [1.165, 1.54) is 0 Å². The predicted molar refractivity (Wildman–Crippen MR) is 106 cm³/mol. The summed E-state index contributed by atoms with van der Waals surface area (Å²) in [5.41, 5.74) is 3.08. The van der Waals surface area contributed by atoms with Crippen LogP contribution in [0.3, 0.4) is 0 Å². The largest absolute Gasteiger partial charge is 0.478 e. The topological polar surface area (TPSA) is 68.0 Å². The molecule has 0 fully saturated rings. The Hall–Kier alpha value is -2.95. The van der Waals surface area contributed by atoms with Crippen molar-refractivity contribution in [3.05, 3.63) is 71.3 Å². The maximum atomic E-state index is 11.4. The summed E-state index contributed by atoms with van der Waals surface area (Å²) < 4.78 is 1.97. The summed E-state index contributed by atoms with van der Waals surface area (Å²) in [5, 5.41) is 14.0. The molecule has 0 saturated heterocycles. The highest BCUT2D eigenvalue weighted by Gasteiger charge is 2.12. The Morgan fingerprint density at radius 3 is 2.48 bits per heavy atom. The molecule has 3 aromatic rings. The molecule has 1 N–H and O–H groups in total. The summed E-state index contributed by atoms with van der Waals surface area (Å²) in [5.74, 6) is 0.980. The lowest BCUT2D eigenvalue weighted by Crippen LogP contribution is -2.04. The van der Waals surface area contributed by atoms with Crippen molar-refractivity contribution < 1.29 is 9.90 Å². The molecule has 0 unspecified atom stereocenters. The molecular weight excluding hydrogens is 338 g/mol. The van der Waals surface area contributed by atoms with Gasteiger partial charge < -0.3 is 5.11 Å². The van der Waals surface area contributed by atoms with Gasteiger partial charge in [0.15, 0.2) is 5.82 Å². The highest BCUT2D eigenvalue weighted by Crippen LogP contribution is 2.24. The number of unbranched alkanes of at least 4 members (excludes halogenated alkanes) is 1. The Morgan fingerprint density at radius 2 is 1.81 bits per heavy atom. The third-order valence-electron chi connectivity index (χ3n) is 4.63. The van der Waals surface area contributed by atoms with Gasteiger partial charge in [-0.25, -0.2) is 14.5 Å². The number of aromatic nitrogens is 3. The summed E-state index contributed by atoms with van der Waals surface area (Å²) >= 11 is 0. The molecule has 5 nitrogen and oxygen atoms in total. The van der Waals surface area contributed by atoms with Crippen LogP contribution in [0.2, 0.25) is 0 Å². The van der Waals surface area contributed by atoms with Gasteiger partial charge in [0.2, 0.25) is 0 Å². The van der Waals surface area contributed by atoms with Crippen molar-refractivity contribution in [3.63, 3.8) is 0 Å². The molecule has 140 valence electrons. The van der Waals surface area contributed by atoms with E-state index in [9.17, 15) is 9.90 Å². The molecular formula is C22H25N3O2. The van der Waals surface area contributed by atoms with Crippen LogP contribution >= 0.6 is 0 Å². The summed E-state index contributed by atoms with van der Waals surface area (Å²) in [6.45, 7) is 5.05. The van der Waals surface area contributed by atoms with E-state index in [2.05, 4.69) is 18.9 Å². The van der Waals surface area contributed by atoms with Gasteiger partial charge in [-0.05, 0) is 36.1 Å². The fourth-order valence-electron chi connectivity index (χ4n) is 3.16. The first-order valence-corrected chi connectivity index (χ1v) is 9.46. The fraction of sp³-hybridized carbons (Fsp3) is 0.318. The Balaban J connectivity index is 1.81. The van der Waals surface area contributed by atoms with E-state index in [0.717, 1.165) is 54.1 Å². The molecule has 0 amide bonds. The average molecular weight is 363 g/mol. The van der Waals surface area contributed by atoms with Crippen LogP contribution in [0.1, 0.15) is 54.3 Å². The first-order chi connectivity index (χ1) is 13.1. The Labute approximate surface area is 159 Å². The van der Waals surface area contributed by atoms with Gasteiger partial charge in [0.05, 0.1) is 5.56 Å². The average Bonchev–Trinajstić information content (AvgIpc) is 3.08. The number of hydrogen-bond donors (Lipinski definition) is 1. The van der Waals surface area contributed by atoms with E-state index < -0.39 is 5.97 Å². The minimum absolute atomic E-state index is 0.316. The second kappa shape index (κ2) is 8.62. The standard InChI is InChI=1S/C22H25N3O2/c1-3-5-10-20-23-21(25(4-2)24-20)15-16-11-13-17(14-12-16)18-8-6-7-9-19(18)22(26)27/h6-9,11-14H,3-5,10,15H2,1-2H3,(H,26,27). The van der Waals surface area contributed by atoms with Crippen LogP contribution in [-0.4, -0.2) is 25.8 Å². The van der Waals surface area contributed by atoms with Crippen LogP contribution in [0.4, 0.5) is 0 Å². The molecule has 5 heteroatoms. The number of carbonyl (C=O) groups is 1. The van der Waals surface area contributed by atoms with Gasteiger partial charge in [0, 0.05) is 19.4 Å². The molecule has 27 heavy (non-hydrogen) atoms. The molecule has 2 aromatic carbocycles. The molecule has 0 aliphatic heterocycles. The summed E-state index contributed by atoms with van der Waals surface area (Å²) in [6.07, 6.45) is 3.87. The zero-order valence-corrected chi connectivity index (χ0v) is 15.9. The lowest BCUT2D eigenvalue weighted by Gasteiger charge is -2.08. The monoisotopic (exact) mass is 363 g/mol. The number of carboxylic acid groups (broad SMARTS) is 1. The maximum absolute atomic E-state index is 11.4. The van der Waals surface area contributed by atoms with Gasteiger partial charge in [-0.15, -0.1) is 0 Å². The Morgan fingerprint density at radius 1 is 1.07 bits per heavy atom. The van der Waals surface area contributed by atoms with Crippen LogP contribution in [0.15, 0.2) is 48.5 Å². The van der Waals surface area contributed by atoms with Crippen LogP contribution in [0.5, 0.6) is 0 Å². The number of nitrogens with zero attached hydrogens (tertiary/aromatic N) is 3. The van der Waals surface area contributed by atoms with Gasteiger partial charge >= 0.3 is 5.97 Å². The zero-order chi connectivity index (χ0) is 19.2.